The first-order chi connectivity index (χ1) is 10.3. The van der Waals surface area contributed by atoms with Crippen molar-refractivity contribution in [2.24, 2.45) is 5.73 Å². The Hall–Kier alpha value is -3.15. The lowest BCUT2D eigenvalue weighted by molar-refractivity contribution is 0.256. The number of H-pyrrole nitrogens is 1. The van der Waals surface area contributed by atoms with E-state index in [2.05, 4.69) is 15.4 Å². The maximum absolute atomic E-state index is 11.8. The lowest BCUT2D eigenvalue weighted by Gasteiger charge is -2.18. The molecule has 21 heavy (non-hydrogen) atoms. The van der Waals surface area contributed by atoms with E-state index in [-0.39, 0.29) is 0 Å². The molecule has 0 fully saturated rings. The highest BCUT2D eigenvalue weighted by molar-refractivity contribution is 6.00. The van der Waals surface area contributed by atoms with Crippen LogP contribution in [0.15, 0.2) is 60.7 Å². The number of para-hydroxylation sites is 1. The van der Waals surface area contributed by atoms with Gasteiger partial charge in [-0.2, -0.15) is 10.3 Å². The van der Waals surface area contributed by atoms with Crippen molar-refractivity contribution in [2.75, 3.05) is 4.90 Å². The van der Waals surface area contributed by atoms with Gasteiger partial charge < -0.3 is 5.73 Å². The highest BCUT2D eigenvalue weighted by Gasteiger charge is 2.22. The van der Waals surface area contributed by atoms with Crippen molar-refractivity contribution < 1.29 is 4.79 Å². The molecular weight excluding hydrogens is 266 g/mol. The number of primary amides is 1. The second-order valence-corrected chi connectivity index (χ2v) is 4.37. The van der Waals surface area contributed by atoms with E-state index in [0.29, 0.717) is 17.2 Å². The Labute approximate surface area is 121 Å². The summed E-state index contributed by atoms with van der Waals surface area (Å²) in [5, 5.41) is 10.8. The summed E-state index contributed by atoms with van der Waals surface area (Å²) in [5.74, 6) is 0.375. The molecule has 0 aliphatic rings. The van der Waals surface area contributed by atoms with E-state index in [1.165, 1.54) is 4.90 Å². The Morgan fingerprint density at radius 3 is 2.19 bits per heavy atom. The minimum absolute atomic E-state index is 0.375. The van der Waals surface area contributed by atoms with E-state index < -0.39 is 6.03 Å². The molecule has 0 unspecified atom stereocenters. The Kier molecular flexibility index (Phi) is 3.34. The molecule has 1 aromatic heterocycles. The van der Waals surface area contributed by atoms with E-state index in [9.17, 15) is 4.79 Å². The molecule has 0 saturated heterocycles. The van der Waals surface area contributed by atoms with Crippen molar-refractivity contribution in [2.45, 2.75) is 0 Å². The van der Waals surface area contributed by atoms with Gasteiger partial charge in [-0.3, -0.25) is 0 Å². The minimum atomic E-state index is -0.618. The fourth-order valence-electron chi connectivity index (χ4n) is 2.10. The maximum Gasteiger partial charge on any atom is 0.325 e. The van der Waals surface area contributed by atoms with Crippen LogP contribution in [0, 0.1) is 0 Å². The first-order valence-electron chi connectivity index (χ1n) is 6.38. The fraction of sp³-hybridized carbons (Fsp3) is 0. The highest BCUT2D eigenvalue weighted by Crippen LogP contribution is 2.31. The summed E-state index contributed by atoms with van der Waals surface area (Å²) in [6, 6.07) is 18.0. The molecule has 1 heterocycles. The Balaban J connectivity index is 2.11. The lowest BCUT2D eigenvalue weighted by atomic mass is 10.1. The average Bonchev–Trinajstić information content (AvgIpc) is 2.98. The number of amides is 2. The third kappa shape index (κ3) is 2.46. The maximum atomic E-state index is 11.8. The molecule has 0 bridgehead atoms. The Morgan fingerprint density at radius 2 is 1.57 bits per heavy atom. The summed E-state index contributed by atoms with van der Waals surface area (Å²) < 4.78 is 0. The molecule has 3 aromatic rings. The summed E-state index contributed by atoms with van der Waals surface area (Å²) in [7, 11) is 0. The van der Waals surface area contributed by atoms with Crippen LogP contribution >= 0.6 is 0 Å². The summed E-state index contributed by atoms with van der Waals surface area (Å²) in [4.78, 5) is 13.2. The second-order valence-electron chi connectivity index (χ2n) is 4.37. The van der Waals surface area contributed by atoms with E-state index in [1.54, 1.807) is 12.1 Å². The molecule has 3 N–H and O–H groups in total. The first-order valence-corrected chi connectivity index (χ1v) is 6.38. The lowest BCUT2D eigenvalue weighted by Crippen LogP contribution is -2.32. The number of aromatic nitrogens is 3. The number of hydrogen-bond acceptors (Lipinski definition) is 3. The van der Waals surface area contributed by atoms with Crippen molar-refractivity contribution >= 4 is 17.5 Å². The molecule has 0 atom stereocenters. The zero-order chi connectivity index (χ0) is 14.7. The predicted octanol–water partition coefficient (Wildman–Crippen LogP) is 2.69. The van der Waals surface area contributed by atoms with Gasteiger partial charge in [0.1, 0.15) is 5.69 Å². The smallest absolute Gasteiger partial charge is 0.325 e. The normalized spacial score (nSPS) is 10.3. The van der Waals surface area contributed by atoms with Crippen LogP contribution in [-0.4, -0.2) is 21.4 Å². The van der Waals surface area contributed by atoms with Crippen LogP contribution in [0.2, 0.25) is 0 Å². The van der Waals surface area contributed by atoms with Gasteiger partial charge in [0.2, 0.25) is 0 Å². The number of nitrogens with zero attached hydrogens (tertiary/aromatic N) is 3. The van der Waals surface area contributed by atoms with Crippen LogP contribution in [0.25, 0.3) is 11.3 Å². The predicted molar refractivity (Wildman–Crippen MR) is 80.0 cm³/mol. The second kappa shape index (κ2) is 5.46. The molecule has 3 rings (SSSR count). The largest absolute Gasteiger partial charge is 0.351 e. The average molecular weight is 279 g/mol. The van der Waals surface area contributed by atoms with Crippen molar-refractivity contribution in [3.63, 3.8) is 0 Å². The van der Waals surface area contributed by atoms with E-state index in [0.717, 1.165) is 5.56 Å². The van der Waals surface area contributed by atoms with E-state index >= 15 is 0 Å². The Bertz CT molecular complexity index is 739. The van der Waals surface area contributed by atoms with Gasteiger partial charge in [-0.15, -0.1) is 5.10 Å². The monoisotopic (exact) mass is 279 g/mol. The van der Waals surface area contributed by atoms with Crippen LogP contribution in [0.4, 0.5) is 16.3 Å². The third-order valence-electron chi connectivity index (χ3n) is 3.02. The standard InChI is InChI=1S/C15H13N5O/c16-15(21)20(12-9-5-2-6-10-12)14-13(17-19-18-14)11-7-3-1-4-8-11/h1-10H,(H2,16,21)(H,17,18,19). The van der Waals surface area contributed by atoms with Crippen LogP contribution in [0.3, 0.4) is 0 Å². The molecular formula is C15H13N5O. The topological polar surface area (TPSA) is 87.9 Å². The van der Waals surface area contributed by atoms with Crippen molar-refractivity contribution in [1.82, 2.24) is 15.4 Å². The number of carbonyl (C=O) groups is 1. The molecule has 2 aromatic carbocycles. The van der Waals surface area contributed by atoms with Gasteiger partial charge in [0.25, 0.3) is 0 Å². The van der Waals surface area contributed by atoms with Gasteiger partial charge in [-0.05, 0) is 12.1 Å². The van der Waals surface area contributed by atoms with E-state index in [1.807, 2.05) is 48.5 Å². The molecule has 0 spiro atoms. The molecule has 0 aliphatic carbocycles. The van der Waals surface area contributed by atoms with Gasteiger partial charge in [0, 0.05) is 5.56 Å². The number of benzene rings is 2. The summed E-state index contributed by atoms with van der Waals surface area (Å²) in [6.45, 7) is 0. The summed E-state index contributed by atoms with van der Waals surface area (Å²) >= 11 is 0. The van der Waals surface area contributed by atoms with Gasteiger partial charge in [0.05, 0.1) is 5.69 Å². The first kappa shape index (κ1) is 12.9. The van der Waals surface area contributed by atoms with Crippen molar-refractivity contribution in [3.8, 4) is 11.3 Å². The van der Waals surface area contributed by atoms with E-state index in [4.69, 9.17) is 5.73 Å². The number of carbonyl (C=O) groups excluding carboxylic acids is 1. The minimum Gasteiger partial charge on any atom is -0.351 e. The molecule has 0 radical (unpaired) electrons. The quantitative estimate of drug-likeness (QED) is 0.772. The number of rotatable bonds is 3. The highest BCUT2D eigenvalue weighted by atomic mass is 16.2. The van der Waals surface area contributed by atoms with Crippen LogP contribution < -0.4 is 10.6 Å². The van der Waals surface area contributed by atoms with Crippen LogP contribution in [0.5, 0.6) is 0 Å². The van der Waals surface area contributed by atoms with Gasteiger partial charge >= 0.3 is 6.03 Å². The van der Waals surface area contributed by atoms with Crippen molar-refractivity contribution in [1.29, 1.82) is 0 Å². The number of nitrogens with two attached hydrogens (primary N) is 1. The molecule has 104 valence electrons. The summed E-state index contributed by atoms with van der Waals surface area (Å²) in [5.41, 5.74) is 7.57. The zero-order valence-electron chi connectivity index (χ0n) is 11.1. The molecule has 6 nitrogen and oxygen atoms in total. The fourth-order valence-corrected chi connectivity index (χ4v) is 2.10. The third-order valence-corrected chi connectivity index (χ3v) is 3.02. The number of anilines is 2. The number of hydrogen-bond donors (Lipinski definition) is 2. The van der Waals surface area contributed by atoms with Gasteiger partial charge in [0.15, 0.2) is 5.82 Å². The zero-order valence-corrected chi connectivity index (χ0v) is 11.1. The Morgan fingerprint density at radius 1 is 0.952 bits per heavy atom. The molecule has 0 saturated carbocycles. The van der Waals surface area contributed by atoms with Crippen molar-refractivity contribution in [3.05, 3.63) is 60.7 Å². The number of aromatic amines is 1. The number of nitrogens with one attached hydrogen (secondary N) is 1. The summed E-state index contributed by atoms with van der Waals surface area (Å²) in [6.07, 6.45) is 0. The van der Waals surface area contributed by atoms with Crippen LogP contribution in [0.1, 0.15) is 0 Å². The SMILES string of the molecule is NC(=O)N(c1ccccc1)c1n[nH]nc1-c1ccccc1. The molecule has 0 aliphatic heterocycles. The van der Waals surface area contributed by atoms with Crippen LogP contribution in [-0.2, 0) is 0 Å². The molecule has 2 amide bonds. The van der Waals surface area contributed by atoms with Gasteiger partial charge in [-0.25, -0.2) is 9.69 Å². The number of urea groups is 1. The molecule has 6 heteroatoms. The van der Waals surface area contributed by atoms with Gasteiger partial charge in [-0.1, -0.05) is 48.5 Å².